The molecule has 1 aromatic heterocycles. The van der Waals surface area contributed by atoms with Gasteiger partial charge in [-0.05, 0) is 25.0 Å². The zero-order chi connectivity index (χ0) is 12.3. The van der Waals surface area contributed by atoms with Crippen LogP contribution in [0.4, 0.5) is 5.82 Å². The van der Waals surface area contributed by atoms with Crippen LogP contribution in [0.15, 0.2) is 28.8 Å². The van der Waals surface area contributed by atoms with Crippen LogP contribution in [0.2, 0.25) is 0 Å². The summed E-state index contributed by atoms with van der Waals surface area (Å²) >= 11 is 0. The van der Waals surface area contributed by atoms with E-state index in [4.69, 9.17) is 10.3 Å². The van der Waals surface area contributed by atoms with Gasteiger partial charge >= 0.3 is 0 Å². The highest BCUT2D eigenvalue weighted by Gasteiger charge is 2.20. The molecule has 0 aliphatic carbocycles. The second-order valence-corrected chi connectivity index (χ2v) is 4.45. The lowest BCUT2D eigenvalue weighted by Crippen LogP contribution is -2.45. The van der Waals surface area contributed by atoms with Crippen LogP contribution in [-0.2, 0) is 0 Å². The molecule has 0 atom stereocenters. The first-order chi connectivity index (χ1) is 8.18. The third-order valence-electron chi connectivity index (χ3n) is 3.39. The number of anilines is 1. The Hall–Kier alpha value is -1.55. The Morgan fingerprint density at radius 2 is 2.00 bits per heavy atom. The standard InChI is InChI=1S/C13H19N3O/c1-3-13(14,4-2)9-15-12-10-7-5-6-8-11(10)17-16-12/h5-8H,3-4,9,14H2,1-2H3,(H,15,16). The molecule has 2 aromatic rings. The van der Waals surface area contributed by atoms with Crippen molar-refractivity contribution in [3.05, 3.63) is 24.3 Å². The van der Waals surface area contributed by atoms with Crippen molar-refractivity contribution in [2.75, 3.05) is 11.9 Å². The van der Waals surface area contributed by atoms with Crippen LogP contribution in [0.25, 0.3) is 11.0 Å². The zero-order valence-electron chi connectivity index (χ0n) is 10.4. The van der Waals surface area contributed by atoms with Crippen molar-refractivity contribution in [3.8, 4) is 0 Å². The van der Waals surface area contributed by atoms with Crippen molar-refractivity contribution >= 4 is 16.8 Å². The van der Waals surface area contributed by atoms with Crippen LogP contribution in [-0.4, -0.2) is 17.2 Å². The van der Waals surface area contributed by atoms with Gasteiger partial charge in [0.1, 0.15) is 0 Å². The lowest BCUT2D eigenvalue weighted by Gasteiger charge is -2.26. The summed E-state index contributed by atoms with van der Waals surface area (Å²) in [6, 6.07) is 7.80. The van der Waals surface area contributed by atoms with E-state index in [1.54, 1.807) is 0 Å². The molecule has 0 amide bonds. The number of hydrogen-bond acceptors (Lipinski definition) is 4. The second kappa shape index (κ2) is 4.75. The quantitative estimate of drug-likeness (QED) is 0.833. The highest BCUT2D eigenvalue weighted by atomic mass is 16.5. The lowest BCUT2D eigenvalue weighted by molar-refractivity contribution is 0.414. The van der Waals surface area contributed by atoms with Gasteiger partial charge in [-0.15, -0.1) is 0 Å². The Morgan fingerprint density at radius 1 is 1.29 bits per heavy atom. The van der Waals surface area contributed by atoms with Crippen molar-refractivity contribution in [1.82, 2.24) is 5.16 Å². The number of hydrogen-bond donors (Lipinski definition) is 2. The van der Waals surface area contributed by atoms with Gasteiger partial charge in [0.15, 0.2) is 11.4 Å². The van der Waals surface area contributed by atoms with Crippen LogP contribution in [0.5, 0.6) is 0 Å². The molecule has 0 fully saturated rings. The van der Waals surface area contributed by atoms with E-state index in [9.17, 15) is 0 Å². The Morgan fingerprint density at radius 3 is 2.71 bits per heavy atom. The summed E-state index contributed by atoms with van der Waals surface area (Å²) < 4.78 is 5.23. The lowest BCUT2D eigenvalue weighted by atomic mass is 9.94. The minimum absolute atomic E-state index is 0.181. The van der Waals surface area contributed by atoms with Crippen LogP contribution in [0, 0.1) is 0 Å². The molecule has 0 saturated carbocycles. The molecule has 0 spiro atoms. The fourth-order valence-electron chi connectivity index (χ4n) is 1.77. The Kier molecular flexibility index (Phi) is 3.33. The number of benzene rings is 1. The molecule has 17 heavy (non-hydrogen) atoms. The maximum absolute atomic E-state index is 6.24. The average molecular weight is 233 g/mol. The third kappa shape index (κ3) is 2.42. The van der Waals surface area contributed by atoms with E-state index in [2.05, 4.69) is 24.3 Å². The molecule has 0 aliphatic rings. The van der Waals surface area contributed by atoms with Crippen molar-refractivity contribution in [2.24, 2.45) is 5.73 Å². The van der Waals surface area contributed by atoms with E-state index in [1.165, 1.54) is 0 Å². The Balaban J connectivity index is 2.14. The Bertz CT molecular complexity index is 488. The summed E-state index contributed by atoms with van der Waals surface area (Å²) in [5.74, 6) is 0.775. The number of nitrogens with two attached hydrogens (primary N) is 1. The van der Waals surface area contributed by atoms with Crippen molar-refractivity contribution < 1.29 is 4.52 Å². The van der Waals surface area contributed by atoms with E-state index in [0.29, 0.717) is 6.54 Å². The van der Waals surface area contributed by atoms with Gasteiger partial charge in [-0.3, -0.25) is 0 Å². The number of rotatable bonds is 5. The molecule has 0 unspecified atom stereocenters. The second-order valence-electron chi connectivity index (χ2n) is 4.45. The first kappa shape index (κ1) is 11.9. The summed E-state index contributed by atoms with van der Waals surface area (Å²) in [6.07, 6.45) is 1.87. The molecule has 3 N–H and O–H groups in total. The molecular formula is C13H19N3O. The van der Waals surface area contributed by atoms with Gasteiger partial charge in [-0.25, -0.2) is 0 Å². The largest absolute Gasteiger partial charge is 0.365 e. The van der Waals surface area contributed by atoms with Gasteiger partial charge < -0.3 is 15.6 Å². The monoisotopic (exact) mass is 233 g/mol. The van der Waals surface area contributed by atoms with E-state index in [1.807, 2.05) is 24.3 Å². The van der Waals surface area contributed by atoms with E-state index < -0.39 is 0 Å². The summed E-state index contributed by atoms with van der Waals surface area (Å²) in [7, 11) is 0. The minimum atomic E-state index is -0.181. The maximum atomic E-state index is 6.24. The van der Waals surface area contributed by atoms with Crippen LogP contribution < -0.4 is 11.1 Å². The number of aromatic nitrogens is 1. The fourth-order valence-corrected chi connectivity index (χ4v) is 1.77. The minimum Gasteiger partial charge on any atom is -0.365 e. The molecule has 0 bridgehead atoms. The van der Waals surface area contributed by atoms with Gasteiger partial charge in [0.05, 0.1) is 5.39 Å². The molecule has 4 heteroatoms. The summed E-state index contributed by atoms with van der Waals surface area (Å²) in [6.45, 7) is 4.91. The van der Waals surface area contributed by atoms with Crippen molar-refractivity contribution in [1.29, 1.82) is 0 Å². The topological polar surface area (TPSA) is 64.1 Å². The molecular weight excluding hydrogens is 214 g/mol. The summed E-state index contributed by atoms with van der Waals surface area (Å²) in [4.78, 5) is 0. The van der Waals surface area contributed by atoms with Crippen LogP contribution in [0.3, 0.4) is 0 Å². The molecule has 0 saturated heterocycles. The number of fused-ring (bicyclic) bond motifs is 1. The first-order valence-corrected chi connectivity index (χ1v) is 6.05. The summed E-state index contributed by atoms with van der Waals surface area (Å²) in [5, 5.41) is 8.31. The van der Waals surface area contributed by atoms with Gasteiger partial charge in [-0.1, -0.05) is 31.1 Å². The zero-order valence-corrected chi connectivity index (χ0v) is 10.4. The van der Waals surface area contributed by atoms with Gasteiger partial charge in [0.25, 0.3) is 0 Å². The normalized spacial score (nSPS) is 11.9. The van der Waals surface area contributed by atoms with Gasteiger partial charge in [0, 0.05) is 12.1 Å². The van der Waals surface area contributed by atoms with E-state index in [0.717, 1.165) is 29.6 Å². The van der Waals surface area contributed by atoms with Crippen molar-refractivity contribution in [2.45, 2.75) is 32.2 Å². The molecule has 1 aromatic carbocycles. The van der Waals surface area contributed by atoms with E-state index in [-0.39, 0.29) is 5.54 Å². The van der Waals surface area contributed by atoms with Gasteiger partial charge in [0.2, 0.25) is 0 Å². The highest BCUT2D eigenvalue weighted by Crippen LogP contribution is 2.23. The smallest absolute Gasteiger partial charge is 0.177 e. The molecule has 1 heterocycles. The third-order valence-corrected chi connectivity index (χ3v) is 3.39. The predicted octanol–water partition coefficient (Wildman–Crippen LogP) is 2.76. The molecule has 4 nitrogen and oxygen atoms in total. The predicted molar refractivity (Wildman–Crippen MR) is 70.0 cm³/mol. The number of nitrogens with one attached hydrogen (secondary N) is 1. The number of para-hydroxylation sites is 1. The average Bonchev–Trinajstić information content (AvgIpc) is 2.79. The molecule has 92 valence electrons. The summed E-state index contributed by atoms with van der Waals surface area (Å²) in [5.41, 5.74) is 6.85. The van der Waals surface area contributed by atoms with Crippen LogP contribution >= 0.6 is 0 Å². The van der Waals surface area contributed by atoms with Gasteiger partial charge in [-0.2, -0.15) is 0 Å². The Labute approximate surface area is 101 Å². The first-order valence-electron chi connectivity index (χ1n) is 6.05. The van der Waals surface area contributed by atoms with E-state index >= 15 is 0 Å². The molecule has 0 aliphatic heterocycles. The molecule has 0 radical (unpaired) electrons. The maximum Gasteiger partial charge on any atom is 0.177 e. The fraction of sp³-hybridized carbons (Fsp3) is 0.462. The molecule has 2 rings (SSSR count). The van der Waals surface area contributed by atoms with Crippen molar-refractivity contribution in [3.63, 3.8) is 0 Å². The SMILES string of the molecule is CCC(N)(CC)CNc1noc2ccccc12. The van der Waals surface area contributed by atoms with Crippen LogP contribution in [0.1, 0.15) is 26.7 Å². The number of nitrogens with zero attached hydrogens (tertiary/aromatic N) is 1. The highest BCUT2D eigenvalue weighted by molar-refractivity contribution is 5.87.